The number of benzene rings is 1. The summed E-state index contributed by atoms with van der Waals surface area (Å²) < 4.78 is 38.8. The van der Waals surface area contributed by atoms with Crippen molar-refractivity contribution in [3.8, 4) is 0 Å². The number of rotatable bonds is 3. The van der Waals surface area contributed by atoms with Crippen molar-refractivity contribution in [1.29, 1.82) is 0 Å². The van der Waals surface area contributed by atoms with Crippen molar-refractivity contribution < 1.29 is 18.0 Å². The Morgan fingerprint density at radius 1 is 1.24 bits per heavy atom. The van der Waals surface area contributed by atoms with Gasteiger partial charge in [-0.05, 0) is 44.2 Å². The number of carbonyl (C=O) groups is 1. The van der Waals surface area contributed by atoms with Gasteiger partial charge in [-0.15, -0.1) is 0 Å². The zero-order valence-electron chi connectivity index (χ0n) is 11.5. The highest BCUT2D eigenvalue weighted by Gasteiger charge is 2.29. The van der Waals surface area contributed by atoms with E-state index in [0.29, 0.717) is 5.69 Å². The number of amides is 1. The quantitative estimate of drug-likeness (QED) is 0.946. The number of nitrogens with one attached hydrogen (secondary N) is 1. The van der Waals surface area contributed by atoms with Gasteiger partial charge in [-0.3, -0.25) is 9.48 Å². The third kappa shape index (κ3) is 3.84. The number of nitrogens with zero attached hydrogens (tertiary/aromatic N) is 2. The van der Waals surface area contributed by atoms with Gasteiger partial charge < -0.3 is 5.32 Å². The number of alkyl halides is 3. The van der Waals surface area contributed by atoms with Gasteiger partial charge in [-0.25, -0.2) is 0 Å². The van der Waals surface area contributed by atoms with Crippen LogP contribution < -0.4 is 5.32 Å². The van der Waals surface area contributed by atoms with Gasteiger partial charge in [0.05, 0.1) is 11.3 Å². The lowest BCUT2D eigenvalue weighted by Gasteiger charge is -2.09. The molecule has 0 fully saturated rings. The van der Waals surface area contributed by atoms with Gasteiger partial charge in [0, 0.05) is 11.4 Å². The highest BCUT2D eigenvalue weighted by atomic mass is 19.4. The largest absolute Gasteiger partial charge is 0.416 e. The van der Waals surface area contributed by atoms with Crippen LogP contribution in [0.25, 0.3) is 0 Å². The fourth-order valence-electron chi connectivity index (χ4n) is 1.91. The molecule has 1 aromatic heterocycles. The molecular formula is C14H14F3N3O. The third-order valence-corrected chi connectivity index (χ3v) is 2.89. The molecule has 0 unspecified atom stereocenters. The maximum absolute atomic E-state index is 12.4. The maximum atomic E-state index is 12.4. The summed E-state index contributed by atoms with van der Waals surface area (Å²) in [5.74, 6) is -0.346. The Morgan fingerprint density at radius 2 is 1.86 bits per heavy atom. The van der Waals surface area contributed by atoms with Crippen LogP contribution in [0.15, 0.2) is 30.3 Å². The van der Waals surface area contributed by atoms with E-state index >= 15 is 0 Å². The van der Waals surface area contributed by atoms with Crippen molar-refractivity contribution in [2.45, 2.75) is 26.6 Å². The summed E-state index contributed by atoms with van der Waals surface area (Å²) in [7, 11) is 0. The molecule has 0 radical (unpaired) electrons. The fourth-order valence-corrected chi connectivity index (χ4v) is 1.91. The zero-order valence-corrected chi connectivity index (χ0v) is 11.5. The summed E-state index contributed by atoms with van der Waals surface area (Å²) >= 11 is 0. The van der Waals surface area contributed by atoms with E-state index in [-0.39, 0.29) is 12.5 Å². The van der Waals surface area contributed by atoms with E-state index in [1.54, 1.807) is 0 Å². The van der Waals surface area contributed by atoms with Crippen LogP contribution in [0.5, 0.6) is 0 Å². The van der Waals surface area contributed by atoms with E-state index in [1.807, 2.05) is 19.9 Å². The Hall–Kier alpha value is -2.31. The molecular weight excluding hydrogens is 283 g/mol. The zero-order chi connectivity index (χ0) is 15.6. The number of hydrogen-bond donors (Lipinski definition) is 1. The Bertz CT molecular complexity index is 644. The van der Waals surface area contributed by atoms with Gasteiger partial charge in [-0.1, -0.05) is 0 Å². The van der Waals surface area contributed by atoms with Gasteiger partial charge in [0.1, 0.15) is 6.54 Å². The first-order valence-corrected chi connectivity index (χ1v) is 6.24. The topological polar surface area (TPSA) is 46.9 Å². The van der Waals surface area contributed by atoms with Crippen LogP contribution in [0, 0.1) is 13.8 Å². The van der Waals surface area contributed by atoms with Crippen molar-refractivity contribution in [1.82, 2.24) is 9.78 Å². The maximum Gasteiger partial charge on any atom is 0.416 e. The lowest BCUT2D eigenvalue weighted by atomic mass is 10.2. The summed E-state index contributed by atoms with van der Waals surface area (Å²) in [4.78, 5) is 11.8. The van der Waals surface area contributed by atoms with Crippen LogP contribution in [0.3, 0.4) is 0 Å². The van der Waals surface area contributed by atoms with Crippen LogP contribution in [-0.2, 0) is 17.5 Å². The Labute approximate surface area is 119 Å². The average molecular weight is 297 g/mol. The van der Waals surface area contributed by atoms with Gasteiger partial charge in [-0.2, -0.15) is 18.3 Å². The minimum atomic E-state index is -4.38. The molecule has 4 nitrogen and oxygen atoms in total. The predicted octanol–water partition coefficient (Wildman–Crippen LogP) is 3.16. The van der Waals surface area contributed by atoms with Gasteiger partial charge in [0.15, 0.2) is 0 Å². The van der Waals surface area contributed by atoms with Crippen molar-refractivity contribution in [2.75, 3.05) is 5.32 Å². The van der Waals surface area contributed by atoms with Crippen molar-refractivity contribution >= 4 is 11.6 Å². The summed E-state index contributed by atoms with van der Waals surface area (Å²) in [5, 5.41) is 6.68. The highest BCUT2D eigenvalue weighted by molar-refractivity contribution is 5.90. The number of carbonyl (C=O) groups excluding carboxylic acids is 1. The molecule has 0 saturated carbocycles. The molecule has 21 heavy (non-hydrogen) atoms. The Kier molecular flexibility index (Phi) is 4.02. The van der Waals surface area contributed by atoms with E-state index in [2.05, 4.69) is 10.4 Å². The number of anilines is 1. The molecule has 0 aliphatic heterocycles. The number of aryl methyl sites for hydroxylation is 2. The molecule has 0 atom stereocenters. The van der Waals surface area contributed by atoms with Crippen LogP contribution in [0.4, 0.5) is 18.9 Å². The molecule has 0 aliphatic carbocycles. The SMILES string of the molecule is Cc1cc(C)n(CC(=O)Nc2ccc(C(F)(F)F)cc2)n1. The van der Waals surface area contributed by atoms with Crippen molar-refractivity contribution in [3.63, 3.8) is 0 Å². The van der Waals surface area contributed by atoms with Gasteiger partial charge in [0.25, 0.3) is 0 Å². The van der Waals surface area contributed by atoms with E-state index in [9.17, 15) is 18.0 Å². The van der Waals surface area contributed by atoms with Crippen LogP contribution >= 0.6 is 0 Å². The second-order valence-corrected chi connectivity index (χ2v) is 4.71. The smallest absolute Gasteiger partial charge is 0.324 e. The minimum absolute atomic E-state index is 0.0146. The van der Waals surface area contributed by atoms with E-state index in [4.69, 9.17) is 0 Å². The lowest BCUT2D eigenvalue weighted by molar-refractivity contribution is -0.137. The first kappa shape index (κ1) is 15.1. The summed E-state index contributed by atoms with van der Waals surface area (Å²) in [6.45, 7) is 3.66. The molecule has 1 N–H and O–H groups in total. The molecule has 0 bridgehead atoms. The molecule has 0 spiro atoms. The lowest BCUT2D eigenvalue weighted by Crippen LogP contribution is -2.20. The van der Waals surface area contributed by atoms with E-state index in [1.165, 1.54) is 16.8 Å². The monoisotopic (exact) mass is 297 g/mol. The fraction of sp³-hybridized carbons (Fsp3) is 0.286. The van der Waals surface area contributed by atoms with E-state index < -0.39 is 11.7 Å². The molecule has 0 saturated heterocycles. The second-order valence-electron chi connectivity index (χ2n) is 4.71. The summed E-state index contributed by atoms with van der Waals surface area (Å²) in [6.07, 6.45) is -4.38. The third-order valence-electron chi connectivity index (χ3n) is 2.89. The normalized spacial score (nSPS) is 11.5. The number of halogens is 3. The summed E-state index contributed by atoms with van der Waals surface area (Å²) in [5.41, 5.74) is 1.21. The Morgan fingerprint density at radius 3 is 2.33 bits per heavy atom. The molecule has 7 heteroatoms. The van der Waals surface area contributed by atoms with Gasteiger partial charge >= 0.3 is 6.18 Å². The molecule has 1 aromatic carbocycles. The number of hydrogen-bond acceptors (Lipinski definition) is 2. The van der Waals surface area contributed by atoms with Crippen molar-refractivity contribution in [3.05, 3.63) is 47.3 Å². The van der Waals surface area contributed by atoms with Crippen LogP contribution in [0.2, 0.25) is 0 Å². The first-order chi connectivity index (χ1) is 9.75. The second kappa shape index (κ2) is 5.59. The van der Waals surface area contributed by atoms with Crippen LogP contribution in [0.1, 0.15) is 17.0 Å². The molecule has 112 valence electrons. The highest BCUT2D eigenvalue weighted by Crippen LogP contribution is 2.29. The summed E-state index contributed by atoms with van der Waals surface area (Å²) in [6, 6.07) is 6.15. The predicted molar refractivity (Wildman–Crippen MR) is 71.8 cm³/mol. The van der Waals surface area contributed by atoms with Gasteiger partial charge in [0.2, 0.25) is 5.91 Å². The van der Waals surface area contributed by atoms with Crippen LogP contribution in [-0.4, -0.2) is 15.7 Å². The molecule has 0 aliphatic rings. The molecule has 2 rings (SSSR count). The standard InChI is InChI=1S/C14H14F3N3O/c1-9-7-10(2)20(19-9)8-13(21)18-12-5-3-11(4-6-12)14(15,16)17/h3-7H,8H2,1-2H3,(H,18,21). The molecule has 1 heterocycles. The number of aromatic nitrogens is 2. The van der Waals surface area contributed by atoms with E-state index in [0.717, 1.165) is 23.5 Å². The first-order valence-electron chi connectivity index (χ1n) is 6.24. The average Bonchev–Trinajstić information content (AvgIpc) is 2.67. The minimum Gasteiger partial charge on any atom is -0.324 e. The molecule has 1 amide bonds. The molecule has 2 aromatic rings. The van der Waals surface area contributed by atoms with Crippen molar-refractivity contribution in [2.24, 2.45) is 0 Å². The Balaban J connectivity index is 2.01.